The van der Waals surface area contributed by atoms with E-state index in [1.165, 1.54) is 0 Å². The Morgan fingerprint density at radius 2 is 2.67 bits per heavy atom. The van der Waals surface area contributed by atoms with Crippen molar-refractivity contribution in [3.8, 4) is 0 Å². The minimum atomic E-state index is -0.689. The lowest BCUT2D eigenvalue weighted by atomic mass is 10.9. The van der Waals surface area contributed by atoms with Gasteiger partial charge in [-0.3, -0.25) is 0 Å². The zero-order valence-corrected chi connectivity index (χ0v) is 6.60. The van der Waals surface area contributed by atoms with E-state index in [1.807, 2.05) is 6.92 Å². The summed E-state index contributed by atoms with van der Waals surface area (Å²) in [6.07, 6.45) is 1.57. The molecule has 0 N–H and O–H groups in total. The maximum absolute atomic E-state index is 5.14. The normalized spacial score (nSPS) is 11.2. The third-order valence-corrected chi connectivity index (χ3v) is 1.96. The maximum atomic E-state index is 5.14. The van der Waals surface area contributed by atoms with Crippen molar-refractivity contribution in [2.75, 3.05) is 6.61 Å². The molecule has 0 atom stereocenters. The largest absolute Gasteiger partial charge is 0.403 e. The number of rotatable bonds is 3. The zero-order valence-electron chi connectivity index (χ0n) is 5.19. The molecule has 0 aliphatic heterocycles. The van der Waals surface area contributed by atoms with Crippen LogP contribution in [0.5, 0.6) is 0 Å². The van der Waals surface area contributed by atoms with Gasteiger partial charge in [0.15, 0.2) is 0 Å². The van der Waals surface area contributed by atoms with Crippen LogP contribution in [0.1, 0.15) is 6.92 Å². The maximum Gasteiger partial charge on any atom is 0.294 e. The minimum Gasteiger partial charge on any atom is -0.403 e. The Kier molecular flexibility index (Phi) is 2.34. The fourth-order valence-corrected chi connectivity index (χ4v) is 1.04. The van der Waals surface area contributed by atoms with Gasteiger partial charge in [-0.15, -0.1) is 5.10 Å². The van der Waals surface area contributed by atoms with E-state index >= 15 is 0 Å². The molecule has 9 heavy (non-hydrogen) atoms. The van der Waals surface area contributed by atoms with Gasteiger partial charge < -0.3 is 4.43 Å². The van der Waals surface area contributed by atoms with Crippen molar-refractivity contribution >= 4 is 9.92 Å². The fourth-order valence-electron chi connectivity index (χ4n) is 0.424. The highest BCUT2D eigenvalue weighted by molar-refractivity contribution is 6.24. The molecule has 1 aromatic rings. The van der Waals surface area contributed by atoms with E-state index < -0.39 is 9.92 Å². The van der Waals surface area contributed by atoms with Crippen molar-refractivity contribution in [3.05, 3.63) is 6.33 Å². The van der Waals surface area contributed by atoms with E-state index in [2.05, 4.69) is 15.5 Å². The van der Waals surface area contributed by atoms with Gasteiger partial charge in [-0.2, -0.15) is 0 Å². The summed E-state index contributed by atoms with van der Waals surface area (Å²) in [5, 5.41) is 10.6. The standard InChI is InChI=1S/C3H8N4OSi/c1-2-8-9-7-3-4-5-6-7/h3H,2,9H2,1H3. The molecule has 0 aliphatic rings. The van der Waals surface area contributed by atoms with Crippen molar-refractivity contribution in [1.29, 1.82) is 0 Å². The topological polar surface area (TPSA) is 52.8 Å². The first-order valence-corrected chi connectivity index (χ1v) is 3.93. The molecule has 0 amide bonds. The first kappa shape index (κ1) is 6.37. The molecule has 0 aromatic carbocycles. The van der Waals surface area contributed by atoms with Gasteiger partial charge >= 0.3 is 0 Å². The Morgan fingerprint density at radius 1 is 1.78 bits per heavy atom. The van der Waals surface area contributed by atoms with Gasteiger partial charge in [0.1, 0.15) is 6.33 Å². The minimum absolute atomic E-state index is 0.689. The van der Waals surface area contributed by atoms with Gasteiger partial charge in [-0.25, -0.2) is 4.35 Å². The second-order valence-corrected chi connectivity index (χ2v) is 2.79. The summed E-state index contributed by atoms with van der Waals surface area (Å²) in [4.78, 5) is 0. The van der Waals surface area contributed by atoms with Crippen LogP contribution in [0.25, 0.3) is 0 Å². The van der Waals surface area contributed by atoms with Gasteiger partial charge in [0, 0.05) is 6.61 Å². The highest BCUT2D eigenvalue weighted by Crippen LogP contribution is 1.71. The lowest BCUT2D eigenvalue weighted by Gasteiger charge is -1.94. The molecule has 0 aliphatic carbocycles. The molecular weight excluding hydrogens is 136 g/mol. The van der Waals surface area contributed by atoms with Crippen LogP contribution in [0.3, 0.4) is 0 Å². The monoisotopic (exact) mass is 144 g/mol. The lowest BCUT2D eigenvalue weighted by molar-refractivity contribution is 0.350. The van der Waals surface area contributed by atoms with Crippen LogP contribution < -0.4 is 0 Å². The SMILES string of the molecule is CCO[SiH2]n1cnnn1. The number of hydrogen-bond donors (Lipinski definition) is 0. The van der Waals surface area contributed by atoms with E-state index in [4.69, 9.17) is 4.43 Å². The fraction of sp³-hybridized carbons (Fsp3) is 0.667. The summed E-state index contributed by atoms with van der Waals surface area (Å²) in [6, 6.07) is 0. The van der Waals surface area contributed by atoms with E-state index in [0.29, 0.717) is 0 Å². The van der Waals surface area contributed by atoms with Crippen molar-refractivity contribution in [1.82, 2.24) is 19.9 Å². The Balaban J connectivity index is 2.30. The van der Waals surface area contributed by atoms with Crippen molar-refractivity contribution in [2.24, 2.45) is 0 Å². The van der Waals surface area contributed by atoms with Gasteiger partial charge in [0.2, 0.25) is 0 Å². The van der Waals surface area contributed by atoms with Crippen LogP contribution in [0.4, 0.5) is 0 Å². The summed E-state index contributed by atoms with van der Waals surface area (Å²) in [5.41, 5.74) is 0. The third-order valence-electron chi connectivity index (χ3n) is 0.819. The average molecular weight is 144 g/mol. The van der Waals surface area contributed by atoms with Gasteiger partial charge in [-0.1, -0.05) is 5.21 Å². The quantitative estimate of drug-likeness (QED) is 0.487. The van der Waals surface area contributed by atoms with E-state index in [-0.39, 0.29) is 0 Å². The molecule has 5 nitrogen and oxygen atoms in total. The molecule has 0 spiro atoms. The second kappa shape index (κ2) is 3.31. The molecule has 1 aromatic heterocycles. The van der Waals surface area contributed by atoms with Gasteiger partial charge in [0.05, 0.1) is 0 Å². The average Bonchev–Trinajstić information content (AvgIpc) is 2.34. The summed E-state index contributed by atoms with van der Waals surface area (Å²) < 4.78 is 6.79. The molecule has 1 heterocycles. The molecule has 1 rings (SSSR count). The Labute approximate surface area is 55.0 Å². The molecule has 50 valence electrons. The highest BCUT2D eigenvalue weighted by Gasteiger charge is 1.89. The van der Waals surface area contributed by atoms with Crippen LogP contribution in [0, 0.1) is 0 Å². The zero-order chi connectivity index (χ0) is 6.53. The van der Waals surface area contributed by atoms with Crippen LogP contribution in [-0.2, 0) is 4.43 Å². The predicted octanol–water partition coefficient (Wildman–Crippen LogP) is -1.44. The van der Waals surface area contributed by atoms with Crippen molar-refractivity contribution in [3.63, 3.8) is 0 Å². The molecular formula is C3H8N4OSi. The van der Waals surface area contributed by atoms with Crippen LogP contribution in [0.15, 0.2) is 6.33 Å². The summed E-state index contributed by atoms with van der Waals surface area (Å²) >= 11 is 0. The summed E-state index contributed by atoms with van der Waals surface area (Å²) in [7, 11) is -0.689. The van der Waals surface area contributed by atoms with Crippen molar-refractivity contribution < 1.29 is 4.43 Å². The summed E-state index contributed by atoms with van der Waals surface area (Å²) in [6.45, 7) is 2.70. The Bertz CT molecular complexity index is 153. The van der Waals surface area contributed by atoms with Crippen LogP contribution in [0.2, 0.25) is 0 Å². The first-order chi connectivity index (χ1) is 4.43. The molecule has 0 bridgehead atoms. The molecule has 0 radical (unpaired) electrons. The smallest absolute Gasteiger partial charge is 0.294 e. The van der Waals surface area contributed by atoms with E-state index in [0.717, 1.165) is 6.61 Å². The summed E-state index contributed by atoms with van der Waals surface area (Å²) in [5.74, 6) is 0. The molecule has 0 saturated heterocycles. The number of hydrogen-bond acceptors (Lipinski definition) is 4. The second-order valence-electron chi connectivity index (χ2n) is 1.47. The van der Waals surface area contributed by atoms with Gasteiger partial charge in [0.25, 0.3) is 9.92 Å². The van der Waals surface area contributed by atoms with Crippen LogP contribution >= 0.6 is 0 Å². The van der Waals surface area contributed by atoms with Crippen LogP contribution in [-0.4, -0.2) is 36.4 Å². The number of tetrazole rings is 1. The Morgan fingerprint density at radius 3 is 3.22 bits per heavy atom. The molecule has 6 heteroatoms. The lowest BCUT2D eigenvalue weighted by Crippen LogP contribution is -2.11. The molecule has 0 fully saturated rings. The highest BCUT2D eigenvalue weighted by atomic mass is 28.2. The Hall–Kier alpha value is -0.753. The van der Waals surface area contributed by atoms with Crippen molar-refractivity contribution in [2.45, 2.75) is 6.92 Å². The number of nitrogens with zero attached hydrogens (tertiary/aromatic N) is 4. The molecule has 0 unspecified atom stereocenters. The predicted molar refractivity (Wildman–Crippen MR) is 33.4 cm³/mol. The number of aromatic nitrogens is 4. The molecule has 0 saturated carbocycles. The van der Waals surface area contributed by atoms with E-state index in [9.17, 15) is 0 Å². The third kappa shape index (κ3) is 1.90. The first-order valence-electron chi connectivity index (χ1n) is 2.72. The van der Waals surface area contributed by atoms with E-state index in [1.54, 1.807) is 10.7 Å². The van der Waals surface area contributed by atoms with Gasteiger partial charge in [-0.05, 0) is 12.1 Å².